The van der Waals surface area contributed by atoms with Crippen LogP contribution >= 0.6 is 0 Å². The Balaban J connectivity index is 2.15. The Hall–Kier alpha value is -1.38. The van der Waals surface area contributed by atoms with Crippen LogP contribution in [0.25, 0.3) is 10.8 Å². The molecule has 0 amide bonds. The Morgan fingerprint density at radius 3 is 1.41 bits per heavy atom. The molecule has 0 aliphatic rings. The van der Waals surface area contributed by atoms with Gasteiger partial charge in [0.1, 0.15) is 0 Å². The van der Waals surface area contributed by atoms with Gasteiger partial charge in [0, 0.05) is 0 Å². The summed E-state index contributed by atoms with van der Waals surface area (Å²) in [6.45, 7) is 2.30. The van der Waals surface area contributed by atoms with Gasteiger partial charge in [-0.15, -0.1) is 0 Å². The Morgan fingerprint density at radius 1 is 0.636 bits per heavy atom. The van der Waals surface area contributed by atoms with Crippen molar-refractivity contribution in [2.45, 2.75) is 25.7 Å². The second kappa shape index (κ2) is 8.30. The zero-order chi connectivity index (χ0) is 15.9. The Morgan fingerprint density at radius 2 is 1.05 bits per heavy atom. The minimum atomic E-state index is 1.15. The lowest BCUT2D eigenvalue weighted by Crippen LogP contribution is -2.14. The predicted octanol–water partition coefficient (Wildman–Crippen LogP) is 3.83. The SMILES string of the molecule is CN(C)CCCc1ccc(CCCN(C)C)c2ccccc12. The summed E-state index contributed by atoms with van der Waals surface area (Å²) in [5.74, 6) is 0. The molecule has 0 spiro atoms. The van der Waals surface area contributed by atoms with Crippen molar-refractivity contribution in [3.05, 3.63) is 47.5 Å². The highest BCUT2D eigenvalue weighted by Gasteiger charge is 2.06. The van der Waals surface area contributed by atoms with Gasteiger partial charge in [-0.2, -0.15) is 0 Å². The first-order valence-electron chi connectivity index (χ1n) is 8.37. The van der Waals surface area contributed by atoms with Crippen LogP contribution < -0.4 is 0 Å². The van der Waals surface area contributed by atoms with E-state index in [9.17, 15) is 0 Å². The summed E-state index contributed by atoms with van der Waals surface area (Å²) in [6, 6.07) is 13.6. The molecule has 0 unspecified atom stereocenters. The maximum Gasteiger partial charge on any atom is -0.00217 e. The van der Waals surface area contributed by atoms with Crippen LogP contribution in [0.2, 0.25) is 0 Å². The smallest absolute Gasteiger partial charge is 0.00217 e. The fourth-order valence-electron chi connectivity index (χ4n) is 3.03. The van der Waals surface area contributed by atoms with Crippen LogP contribution in [-0.2, 0) is 12.8 Å². The van der Waals surface area contributed by atoms with Crippen molar-refractivity contribution >= 4 is 10.8 Å². The molecule has 120 valence electrons. The third-order valence-electron chi connectivity index (χ3n) is 4.21. The second-order valence-corrected chi connectivity index (χ2v) is 6.74. The third kappa shape index (κ3) is 4.82. The van der Waals surface area contributed by atoms with Crippen LogP contribution in [0.1, 0.15) is 24.0 Å². The number of nitrogens with zero attached hydrogens (tertiary/aromatic N) is 2. The molecule has 0 fully saturated rings. The predicted molar refractivity (Wildman–Crippen MR) is 97.7 cm³/mol. The lowest BCUT2D eigenvalue weighted by Gasteiger charge is -2.14. The first-order chi connectivity index (χ1) is 10.6. The van der Waals surface area contributed by atoms with E-state index in [1.54, 1.807) is 0 Å². The molecule has 0 radical (unpaired) electrons. The second-order valence-electron chi connectivity index (χ2n) is 6.74. The molecule has 0 bridgehead atoms. The van der Waals surface area contributed by atoms with Gasteiger partial charge in [0.25, 0.3) is 0 Å². The van der Waals surface area contributed by atoms with Gasteiger partial charge in [-0.3, -0.25) is 0 Å². The van der Waals surface area contributed by atoms with Gasteiger partial charge in [0.05, 0.1) is 0 Å². The molecule has 0 N–H and O–H groups in total. The average Bonchev–Trinajstić information content (AvgIpc) is 2.48. The highest BCUT2D eigenvalue weighted by molar-refractivity contribution is 5.88. The van der Waals surface area contributed by atoms with Gasteiger partial charge in [-0.1, -0.05) is 36.4 Å². The maximum absolute atomic E-state index is 2.35. The summed E-state index contributed by atoms with van der Waals surface area (Å²) in [5.41, 5.74) is 2.99. The van der Waals surface area contributed by atoms with Gasteiger partial charge >= 0.3 is 0 Å². The fourth-order valence-corrected chi connectivity index (χ4v) is 3.03. The summed E-state index contributed by atoms with van der Waals surface area (Å²) in [7, 11) is 8.58. The fraction of sp³-hybridized carbons (Fsp3) is 0.500. The van der Waals surface area contributed by atoms with Crippen molar-refractivity contribution in [3.8, 4) is 0 Å². The molecule has 0 aromatic heterocycles. The number of benzene rings is 2. The molecular formula is C20H30N2. The molecule has 2 heteroatoms. The number of hydrogen-bond donors (Lipinski definition) is 0. The summed E-state index contributed by atoms with van der Waals surface area (Å²) >= 11 is 0. The van der Waals surface area contributed by atoms with E-state index in [0.717, 1.165) is 25.9 Å². The number of rotatable bonds is 8. The van der Waals surface area contributed by atoms with Crippen molar-refractivity contribution in [1.82, 2.24) is 9.80 Å². The van der Waals surface area contributed by atoms with Gasteiger partial charge < -0.3 is 9.80 Å². The van der Waals surface area contributed by atoms with Crippen molar-refractivity contribution in [2.75, 3.05) is 41.3 Å². The van der Waals surface area contributed by atoms with Crippen molar-refractivity contribution in [2.24, 2.45) is 0 Å². The normalized spacial score (nSPS) is 11.7. The van der Waals surface area contributed by atoms with Crippen LogP contribution in [0.4, 0.5) is 0 Å². The van der Waals surface area contributed by atoms with Gasteiger partial charge in [-0.05, 0) is 88.9 Å². The summed E-state index contributed by atoms with van der Waals surface area (Å²) in [4.78, 5) is 4.52. The zero-order valence-corrected chi connectivity index (χ0v) is 14.6. The van der Waals surface area contributed by atoms with E-state index in [0.29, 0.717) is 0 Å². The lowest BCUT2D eigenvalue weighted by molar-refractivity contribution is 0.400. The molecule has 0 aliphatic carbocycles. The largest absolute Gasteiger partial charge is 0.309 e. The van der Waals surface area contributed by atoms with Crippen LogP contribution in [-0.4, -0.2) is 51.1 Å². The van der Waals surface area contributed by atoms with Crippen molar-refractivity contribution in [3.63, 3.8) is 0 Å². The van der Waals surface area contributed by atoms with Gasteiger partial charge in [0.15, 0.2) is 0 Å². The number of hydrogen-bond acceptors (Lipinski definition) is 2. The molecule has 2 aromatic rings. The highest BCUT2D eigenvalue weighted by atomic mass is 15.0. The van der Waals surface area contributed by atoms with E-state index in [1.807, 2.05) is 0 Å². The van der Waals surface area contributed by atoms with E-state index in [1.165, 1.54) is 34.7 Å². The Bertz CT molecular complexity index is 535. The van der Waals surface area contributed by atoms with E-state index < -0.39 is 0 Å². The molecule has 2 rings (SSSR count). The minimum Gasteiger partial charge on any atom is -0.309 e. The van der Waals surface area contributed by atoms with Gasteiger partial charge in [-0.25, -0.2) is 0 Å². The first kappa shape index (κ1) is 17.0. The van der Waals surface area contributed by atoms with Crippen molar-refractivity contribution < 1.29 is 0 Å². The molecule has 2 nitrogen and oxygen atoms in total. The van der Waals surface area contributed by atoms with Gasteiger partial charge in [0.2, 0.25) is 0 Å². The highest BCUT2D eigenvalue weighted by Crippen LogP contribution is 2.25. The Kier molecular flexibility index (Phi) is 6.41. The molecule has 22 heavy (non-hydrogen) atoms. The minimum absolute atomic E-state index is 1.15. The van der Waals surface area contributed by atoms with Crippen LogP contribution in [0, 0.1) is 0 Å². The molecule has 0 atom stereocenters. The molecule has 0 saturated carbocycles. The quantitative estimate of drug-likeness (QED) is 0.731. The van der Waals surface area contributed by atoms with Crippen molar-refractivity contribution in [1.29, 1.82) is 0 Å². The van der Waals surface area contributed by atoms with E-state index in [-0.39, 0.29) is 0 Å². The standard InChI is InChI=1S/C20H30N2/c1-21(2)15-7-9-17-13-14-18(10-8-16-22(3)4)20-12-6-5-11-19(17)20/h5-6,11-14H,7-10,15-16H2,1-4H3. The topological polar surface area (TPSA) is 6.48 Å². The van der Waals surface area contributed by atoms with Crippen LogP contribution in [0.5, 0.6) is 0 Å². The van der Waals surface area contributed by atoms with E-state index in [4.69, 9.17) is 0 Å². The molecular weight excluding hydrogens is 268 g/mol. The maximum atomic E-state index is 2.35. The summed E-state index contributed by atoms with van der Waals surface area (Å²) in [5, 5.41) is 2.90. The van der Waals surface area contributed by atoms with E-state index in [2.05, 4.69) is 74.4 Å². The molecule has 2 aromatic carbocycles. The summed E-state index contributed by atoms with van der Waals surface area (Å²) < 4.78 is 0. The third-order valence-corrected chi connectivity index (χ3v) is 4.21. The van der Waals surface area contributed by atoms with Crippen LogP contribution in [0.15, 0.2) is 36.4 Å². The summed E-state index contributed by atoms with van der Waals surface area (Å²) in [6.07, 6.45) is 4.77. The van der Waals surface area contributed by atoms with E-state index >= 15 is 0 Å². The monoisotopic (exact) mass is 298 g/mol. The molecule has 0 heterocycles. The molecule has 0 aliphatic heterocycles. The van der Waals surface area contributed by atoms with Crippen LogP contribution in [0.3, 0.4) is 0 Å². The Labute approximate surface area is 135 Å². The first-order valence-corrected chi connectivity index (χ1v) is 8.37. The zero-order valence-electron chi connectivity index (χ0n) is 14.6. The average molecular weight is 298 g/mol. The number of aryl methyl sites for hydroxylation is 2. The lowest BCUT2D eigenvalue weighted by atomic mass is 9.95. The molecule has 0 saturated heterocycles. The number of fused-ring (bicyclic) bond motifs is 1.